The summed E-state index contributed by atoms with van der Waals surface area (Å²) in [4.78, 5) is 0. The number of hydrogen-bond acceptors (Lipinski definition) is 1. The molecule has 1 aromatic rings. The Morgan fingerprint density at radius 1 is 1.13 bits per heavy atom. The molecule has 82 valence electrons. The van der Waals surface area contributed by atoms with E-state index in [2.05, 4.69) is 19.1 Å². The van der Waals surface area contributed by atoms with Crippen molar-refractivity contribution in [1.29, 1.82) is 0 Å². The Balaban J connectivity index is 2.04. The molecule has 15 heavy (non-hydrogen) atoms. The molecular formula is C14H21N. The number of hydrogen-bond donors (Lipinski definition) is 1. The first-order valence-corrected chi connectivity index (χ1v) is 6.15. The zero-order chi connectivity index (χ0) is 10.7. The Bertz CT molecular complexity index is 311. The van der Waals surface area contributed by atoms with Gasteiger partial charge in [-0.1, -0.05) is 31.5 Å². The molecule has 0 heterocycles. The summed E-state index contributed by atoms with van der Waals surface area (Å²) in [6, 6.07) is 8.36. The van der Waals surface area contributed by atoms with Gasteiger partial charge < -0.3 is 5.73 Å². The van der Waals surface area contributed by atoms with Gasteiger partial charge in [-0.15, -0.1) is 0 Å². The van der Waals surface area contributed by atoms with E-state index in [-0.39, 0.29) is 0 Å². The normalized spacial score (nSPS) is 26.5. The third-order valence-corrected chi connectivity index (χ3v) is 3.86. The average molecular weight is 203 g/mol. The monoisotopic (exact) mass is 203 g/mol. The maximum atomic E-state index is 6.02. The molecule has 1 aromatic carbocycles. The van der Waals surface area contributed by atoms with Crippen molar-refractivity contribution in [3.05, 3.63) is 29.8 Å². The fraction of sp³-hybridized carbons (Fsp3) is 0.571. The Labute approximate surface area is 92.7 Å². The van der Waals surface area contributed by atoms with Crippen LogP contribution in [0.4, 0.5) is 5.69 Å². The summed E-state index contributed by atoms with van der Waals surface area (Å²) in [5.74, 6) is 1.68. The lowest BCUT2D eigenvalue weighted by atomic mass is 9.77. The largest absolute Gasteiger partial charge is 0.398 e. The molecule has 0 unspecified atom stereocenters. The standard InChI is InChI=1S/C14H21N/c1-2-11-7-9-12(10-8-11)13-5-3-4-6-14(13)15/h3-6,11-12H,2,7-10,15H2,1H3/t11-,12-. The summed E-state index contributed by atoms with van der Waals surface area (Å²) < 4.78 is 0. The van der Waals surface area contributed by atoms with E-state index in [1.54, 1.807) is 0 Å². The van der Waals surface area contributed by atoms with Gasteiger partial charge in [-0.05, 0) is 49.1 Å². The molecule has 2 N–H and O–H groups in total. The first-order valence-electron chi connectivity index (χ1n) is 6.15. The van der Waals surface area contributed by atoms with Gasteiger partial charge in [0.2, 0.25) is 0 Å². The lowest BCUT2D eigenvalue weighted by Crippen LogP contribution is -2.13. The van der Waals surface area contributed by atoms with Gasteiger partial charge in [0, 0.05) is 5.69 Å². The molecule has 0 radical (unpaired) electrons. The van der Waals surface area contributed by atoms with Crippen LogP contribution in [0.15, 0.2) is 24.3 Å². The van der Waals surface area contributed by atoms with Crippen LogP contribution in [0.25, 0.3) is 0 Å². The lowest BCUT2D eigenvalue weighted by molar-refractivity contribution is 0.319. The fourth-order valence-corrected chi connectivity index (χ4v) is 2.76. The van der Waals surface area contributed by atoms with Gasteiger partial charge in [0.15, 0.2) is 0 Å². The zero-order valence-corrected chi connectivity index (χ0v) is 9.58. The summed E-state index contributed by atoms with van der Waals surface area (Å²) in [6.07, 6.45) is 6.77. The summed E-state index contributed by atoms with van der Waals surface area (Å²) in [5.41, 5.74) is 8.38. The van der Waals surface area contributed by atoms with Crippen molar-refractivity contribution in [3.8, 4) is 0 Å². The highest BCUT2D eigenvalue weighted by Crippen LogP contribution is 2.38. The van der Waals surface area contributed by atoms with Crippen molar-refractivity contribution < 1.29 is 0 Å². The minimum Gasteiger partial charge on any atom is -0.398 e. The zero-order valence-electron chi connectivity index (χ0n) is 9.58. The molecule has 1 nitrogen and oxygen atoms in total. The van der Waals surface area contributed by atoms with Crippen LogP contribution in [0.1, 0.15) is 50.5 Å². The van der Waals surface area contributed by atoms with Crippen molar-refractivity contribution in [2.24, 2.45) is 5.92 Å². The highest BCUT2D eigenvalue weighted by molar-refractivity contribution is 5.48. The van der Waals surface area contributed by atoms with Gasteiger partial charge in [0.1, 0.15) is 0 Å². The maximum absolute atomic E-state index is 6.02. The molecule has 0 aromatic heterocycles. The van der Waals surface area contributed by atoms with E-state index in [9.17, 15) is 0 Å². The van der Waals surface area contributed by atoms with Gasteiger partial charge >= 0.3 is 0 Å². The summed E-state index contributed by atoms with van der Waals surface area (Å²) in [5, 5.41) is 0. The van der Waals surface area contributed by atoms with Crippen molar-refractivity contribution in [3.63, 3.8) is 0 Å². The van der Waals surface area contributed by atoms with Gasteiger partial charge in [-0.3, -0.25) is 0 Å². The summed E-state index contributed by atoms with van der Waals surface area (Å²) in [6.45, 7) is 2.31. The molecule has 0 atom stereocenters. The first kappa shape index (κ1) is 10.5. The van der Waals surface area contributed by atoms with Crippen molar-refractivity contribution in [2.45, 2.75) is 44.9 Å². The second kappa shape index (κ2) is 4.69. The second-order valence-corrected chi connectivity index (χ2v) is 4.75. The Morgan fingerprint density at radius 2 is 1.80 bits per heavy atom. The third-order valence-electron chi connectivity index (χ3n) is 3.86. The lowest BCUT2D eigenvalue weighted by Gasteiger charge is -2.28. The predicted octanol–water partition coefficient (Wildman–Crippen LogP) is 3.95. The molecule has 0 saturated heterocycles. The Hall–Kier alpha value is -0.980. The van der Waals surface area contributed by atoms with Crippen LogP contribution in [-0.2, 0) is 0 Å². The molecule has 1 aliphatic carbocycles. The molecule has 0 spiro atoms. The van der Waals surface area contributed by atoms with Crippen molar-refractivity contribution >= 4 is 5.69 Å². The fourth-order valence-electron chi connectivity index (χ4n) is 2.76. The second-order valence-electron chi connectivity index (χ2n) is 4.75. The molecule has 1 heteroatoms. The molecule has 1 aliphatic rings. The molecule has 2 rings (SSSR count). The van der Waals surface area contributed by atoms with Gasteiger partial charge in [-0.25, -0.2) is 0 Å². The molecule has 1 fully saturated rings. The molecule has 0 amide bonds. The van der Waals surface area contributed by atoms with E-state index in [1.165, 1.54) is 37.7 Å². The van der Waals surface area contributed by atoms with Gasteiger partial charge in [-0.2, -0.15) is 0 Å². The van der Waals surface area contributed by atoms with Crippen LogP contribution < -0.4 is 5.73 Å². The molecule has 0 aliphatic heterocycles. The molecular weight excluding hydrogens is 182 g/mol. The highest BCUT2D eigenvalue weighted by atomic mass is 14.6. The smallest absolute Gasteiger partial charge is 0.0349 e. The number of nitrogens with two attached hydrogens (primary N) is 1. The topological polar surface area (TPSA) is 26.0 Å². The summed E-state index contributed by atoms with van der Waals surface area (Å²) in [7, 11) is 0. The minimum absolute atomic E-state index is 0.717. The first-order chi connectivity index (χ1) is 7.31. The van der Waals surface area contributed by atoms with Crippen LogP contribution in [0.5, 0.6) is 0 Å². The predicted molar refractivity (Wildman–Crippen MR) is 65.8 cm³/mol. The van der Waals surface area contributed by atoms with E-state index in [1.807, 2.05) is 12.1 Å². The number of rotatable bonds is 2. The molecule has 0 bridgehead atoms. The SMILES string of the molecule is CC[C@H]1CC[C@H](c2ccccc2N)CC1. The minimum atomic E-state index is 0.717. The van der Waals surface area contributed by atoms with Crippen molar-refractivity contribution in [2.75, 3.05) is 5.73 Å². The van der Waals surface area contributed by atoms with E-state index in [0.29, 0.717) is 5.92 Å². The highest BCUT2D eigenvalue weighted by Gasteiger charge is 2.22. The number of benzene rings is 1. The van der Waals surface area contributed by atoms with E-state index >= 15 is 0 Å². The van der Waals surface area contributed by atoms with Crippen molar-refractivity contribution in [1.82, 2.24) is 0 Å². The van der Waals surface area contributed by atoms with Crippen LogP contribution >= 0.6 is 0 Å². The Morgan fingerprint density at radius 3 is 2.40 bits per heavy atom. The summed E-state index contributed by atoms with van der Waals surface area (Å²) >= 11 is 0. The van der Waals surface area contributed by atoms with Crippen LogP contribution in [-0.4, -0.2) is 0 Å². The molecule has 1 saturated carbocycles. The number of anilines is 1. The van der Waals surface area contributed by atoms with E-state index in [0.717, 1.165) is 11.6 Å². The average Bonchev–Trinajstić information content (AvgIpc) is 2.30. The Kier molecular flexibility index (Phi) is 3.30. The van der Waals surface area contributed by atoms with Gasteiger partial charge in [0.25, 0.3) is 0 Å². The van der Waals surface area contributed by atoms with E-state index < -0.39 is 0 Å². The van der Waals surface area contributed by atoms with Crippen LogP contribution in [0.3, 0.4) is 0 Å². The van der Waals surface area contributed by atoms with Gasteiger partial charge in [0.05, 0.1) is 0 Å². The number of para-hydroxylation sites is 1. The van der Waals surface area contributed by atoms with Crippen LogP contribution in [0, 0.1) is 5.92 Å². The van der Waals surface area contributed by atoms with Crippen LogP contribution in [0.2, 0.25) is 0 Å². The quantitative estimate of drug-likeness (QED) is 0.723. The van der Waals surface area contributed by atoms with E-state index in [4.69, 9.17) is 5.73 Å². The third kappa shape index (κ3) is 2.34. The maximum Gasteiger partial charge on any atom is 0.0349 e. The number of nitrogen functional groups attached to an aromatic ring is 1.